The molecule has 1 aliphatic heterocycles. The van der Waals surface area contributed by atoms with Gasteiger partial charge in [0.25, 0.3) is 0 Å². The van der Waals surface area contributed by atoms with Gasteiger partial charge in [0.2, 0.25) is 10.0 Å². The van der Waals surface area contributed by atoms with Gasteiger partial charge in [0.15, 0.2) is 0 Å². The minimum Gasteiger partial charge on any atom is -0.465 e. The van der Waals surface area contributed by atoms with Crippen molar-refractivity contribution in [3.63, 3.8) is 0 Å². The SMILES string of the molecule is CCN(C1CCNC1)S(=O)(=O)c1cccc(C(=O)OC)c1. The average molecular weight is 312 g/mol. The molecule has 7 heteroatoms. The van der Waals surface area contributed by atoms with Crippen molar-refractivity contribution in [2.45, 2.75) is 24.3 Å². The van der Waals surface area contributed by atoms with E-state index in [0.717, 1.165) is 13.0 Å². The van der Waals surface area contributed by atoms with E-state index in [2.05, 4.69) is 10.1 Å². The lowest BCUT2D eigenvalue weighted by Gasteiger charge is -2.26. The summed E-state index contributed by atoms with van der Waals surface area (Å²) >= 11 is 0. The number of sulfonamides is 1. The maximum absolute atomic E-state index is 12.8. The van der Waals surface area contributed by atoms with Crippen LogP contribution in [-0.4, -0.2) is 51.5 Å². The molecule has 1 unspecified atom stereocenters. The number of rotatable bonds is 5. The third kappa shape index (κ3) is 3.25. The number of hydrogen-bond donors (Lipinski definition) is 1. The largest absolute Gasteiger partial charge is 0.465 e. The zero-order chi connectivity index (χ0) is 15.5. The highest BCUT2D eigenvalue weighted by Crippen LogP contribution is 2.22. The molecule has 21 heavy (non-hydrogen) atoms. The van der Waals surface area contributed by atoms with Crippen molar-refractivity contribution in [1.29, 1.82) is 0 Å². The number of benzene rings is 1. The summed E-state index contributed by atoms with van der Waals surface area (Å²) < 4.78 is 31.6. The first-order chi connectivity index (χ1) is 10.0. The van der Waals surface area contributed by atoms with Crippen molar-refractivity contribution < 1.29 is 17.9 Å². The lowest BCUT2D eigenvalue weighted by molar-refractivity contribution is 0.0600. The second-order valence-corrected chi connectivity index (χ2v) is 6.76. The quantitative estimate of drug-likeness (QED) is 0.816. The molecule has 2 rings (SSSR count). The molecular formula is C14H20N2O4S. The van der Waals surface area contributed by atoms with Crippen molar-refractivity contribution >= 4 is 16.0 Å². The Hall–Kier alpha value is -1.44. The van der Waals surface area contributed by atoms with E-state index in [0.29, 0.717) is 13.1 Å². The zero-order valence-electron chi connectivity index (χ0n) is 12.2. The van der Waals surface area contributed by atoms with E-state index in [4.69, 9.17) is 0 Å². The van der Waals surface area contributed by atoms with Crippen LogP contribution in [0.5, 0.6) is 0 Å². The summed E-state index contributed by atoms with van der Waals surface area (Å²) in [7, 11) is -2.34. The van der Waals surface area contributed by atoms with Crippen molar-refractivity contribution in [2.75, 3.05) is 26.7 Å². The smallest absolute Gasteiger partial charge is 0.337 e. The number of methoxy groups -OCH3 is 1. The Balaban J connectivity index is 2.35. The second-order valence-electron chi connectivity index (χ2n) is 4.87. The molecule has 116 valence electrons. The van der Waals surface area contributed by atoms with Gasteiger partial charge in [-0.2, -0.15) is 4.31 Å². The third-order valence-corrected chi connectivity index (χ3v) is 5.64. The van der Waals surface area contributed by atoms with Crippen LogP contribution >= 0.6 is 0 Å². The van der Waals surface area contributed by atoms with Gasteiger partial charge in [-0.25, -0.2) is 13.2 Å². The van der Waals surface area contributed by atoms with Crippen LogP contribution in [0.25, 0.3) is 0 Å². The monoisotopic (exact) mass is 312 g/mol. The standard InChI is InChI=1S/C14H20N2O4S/c1-3-16(12-7-8-15-10-12)21(18,19)13-6-4-5-11(9-13)14(17)20-2/h4-6,9,12,15H,3,7-8,10H2,1-2H3. The van der Waals surface area contributed by atoms with E-state index in [1.165, 1.54) is 29.6 Å². The van der Waals surface area contributed by atoms with Gasteiger partial charge < -0.3 is 10.1 Å². The topological polar surface area (TPSA) is 75.7 Å². The lowest BCUT2D eigenvalue weighted by Crippen LogP contribution is -2.41. The minimum atomic E-state index is -3.61. The van der Waals surface area contributed by atoms with Crippen molar-refractivity contribution in [1.82, 2.24) is 9.62 Å². The third-order valence-electron chi connectivity index (χ3n) is 3.61. The second kappa shape index (κ2) is 6.55. The Labute approximate surface area is 125 Å². The predicted molar refractivity (Wildman–Crippen MR) is 78.6 cm³/mol. The van der Waals surface area contributed by atoms with Gasteiger partial charge in [0, 0.05) is 19.1 Å². The highest BCUT2D eigenvalue weighted by Gasteiger charge is 2.32. The summed E-state index contributed by atoms with van der Waals surface area (Å²) in [5.74, 6) is -0.544. The lowest BCUT2D eigenvalue weighted by atomic mass is 10.2. The first kappa shape index (κ1) is 15.9. The van der Waals surface area contributed by atoms with Crippen molar-refractivity contribution in [2.24, 2.45) is 0 Å². The minimum absolute atomic E-state index is 0.0400. The summed E-state index contributed by atoms with van der Waals surface area (Å²) in [4.78, 5) is 11.7. The fourth-order valence-electron chi connectivity index (χ4n) is 2.55. The van der Waals surface area contributed by atoms with E-state index in [-0.39, 0.29) is 16.5 Å². The van der Waals surface area contributed by atoms with Gasteiger partial charge >= 0.3 is 5.97 Å². The Morgan fingerprint density at radius 2 is 2.24 bits per heavy atom. The van der Waals surface area contributed by atoms with Crippen LogP contribution < -0.4 is 5.32 Å². The molecule has 1 aromatic rings. The van der Waals surface area contributed by atoms with Crippen molar-refractivity contribution in [3.05, 3.63) is 29.8 Å². The van der Waals surface area contributed by atoms with Crippen LogP contribution in [0.2, 0.25) is 0 Å². The molecular weight excluding hydrogens is 292 g/mol. The number of nitrogens with zero attached hydrogens (tertiary/aromatic N) is 1. The molecule has 1 saturated heterocycles. The van der Waals surface area contributed by atoms with Crippen molar-refractivity contribution in [3.8, 4) is 0 Å². The number of nitrogens with one attached hydrogen (secondary N) is 1. The fraction of sp³-hybridized carbons (Fsp3) is 0.500. The van der Waals surface area contributed by atoms with E-state index in [1.807, 2.05) is 6.92 Å². The Morgan fingerprint density at radius 1 is 1.48 bits per heavy atom. The van der Waals surface area contributed by atoms with E-state index < -0.39 is 16.0 Å². The Morgan fingerprint density at radius 3 is 2.81 bits per heavy atom. The molecule has 0 aromatic heterocycles. The number of hydrogen-bond acceptors (Lipinski definition) is 5. The van der Waals surface area contributed by atoms with Gasteiger partial charge in [-0.1, -0.05) is 13.0 Å². The Kier molecular flexibility index (Phi) is 4.97. The summed E-state index contributed by atoms with van der Waals surface area (Å²) in [5, 5.41) is 3.17. The Bertz CT molecular complexity index is 609. The molecule has 1 atom stereocenters. The highest BCUT2D eigenvalue weighted by molar-refractivity contribution is 7.89. The maximum atomic E-state index is 12.8. The molecule has 1 fully saturated rings. The number of esters is 1. The fourth-order valence-corrected chi connectivity index (χ4v) is 4.26. The van der Waals surface area contributed by atoms with Crippen LogP contribution in [0.3, 0.4) is 0 Å². The molecule has 0 radical (unpaired) electrons. The van der Waals surface area contributed by atoms with Crippen LogP contribution in [-0.2, 0) is 14.8 Å². The maximum Gasteiger partial charge on any atom is 0.337 e. The predicted octanol–water partition coefficient (Wildman–Crippen LogP) is 0.846. The summed E-state index contributed by atoms with van der Waals surface area (Å²) in [5.41, 5.74) is 0.235. The molecule has 1 aromatic carbocycles. The number of likely N-dealkylation sites (N-methyl/N-ethyl adjacent to an activating group) is 1. The molecule has 0 spiro atoms. The molecule has 6 nitrogen and oxygen atoms in total. The normalized spacial score (nSPS) is 18.9. The number of carbonyl (C=O) groups excluding carboxylic acids is 1. The van der Waals surface area contributed by atoms with Gasteiger partial charge in [-0.3, -0.25) is 0 Å². The van der Waals surface area contributed by atoms with Gasteiger partial charge in [-0.05, 0) is 31.2 Å². The number of carbonyl (C=O) groups is 1. The summed E-state index contributed by atoms with van der Waals surface area (Å²) in [6.07, 6.45) is 0.795. The molecule has 1 heterocycles. The summed E-state index contributed by atoms with van der Waals surface area (Å²) in [6.45, 7) is 3.69. The molecule has 1 aliphatic rings. The van der Waals surface area contributed by atoms with Crippen LogP contribution in [0.1, 0.15) is 23.7 Å². The highest BCUT2D eigenvalue weighted by atomic mass is 32.2. The van der Waals surface area contributed by atoms with Crippen LogP contribution in [0.15, 0.2) is 29.2 Å². The molecule has 0 amide bonds. The summed E-state index contributed by atoms with van der Waals surface area (Å²) in [6, 6.07) is 5.93. The van der Waals surface area contributed by atoms with Gasteiger partial charge in [0.1, 0.15) is 0 Å². The van der Waals surface area contributed by atoms with Gasteiger partial charge in [0.05, 0.1) is 17.6 Å². The zero-order valence-corrected chi connectivity index (χ0v) is 13.0. The molecule has 0 bridgehead atoms. The van der Waals surface area contributed by atoms with Crippen LogP contribution in [0.4, 0.5) is 0 Å². The first-order valence-electron chi connectivity index (χ1n) is 6.91. The van der Waals surface area contributed by atoms with E-state index in [9.17, 15) is 13.2 Å². The molecule has 0 saturated carbocycles. The average Bonchev–Trinajstić information content (AvgIpc) is 3.01. The number of ether oxygens (including phenoxy) is 1. The van der Waals surface area contributed by atoms with E-state index in [1.54, 1.807) is 6.07 Å². The van der Waals surface area contributed by atoms with Crippen LogP contribution in [0, 0.1) is 0 Å². The van der Waals surface area contributed by atoms with E-state index >= 15 is 0 Å². The molecule has 0 aliphatic carbocycles. The van der Waals surface area contributed by atoms with Gasteiger partial charge in [-0.15, -0.1) is 0 Å². The first-order valence-corrected chi connectivity index (χ1v) is 8.35. The molecule has 1 N–H and O–H groups in total.